The Labute approximate surface area is 103 Å². The summed E-state index contributed by atoms with van der Waals surface area (Å²) in [5.41, 5.74) is -0.142. The van der Waals surface area contributed by atoms with Gasteiger partial charge in [-0.2, -0.15) is 5.10 Å². The second kappa shape index (κ2) is 4.87. The summed E-state index contributed by atoms with van der Waals surface area (Å²) >= 11 is 0. The van der Waals surface area contributed by atoms with E-state index in [1.54, 1.807) is 7.05 Å². The number of amides is 1. The van der Waals surface area contributed by atoms with Crippen LogP contribution in [-0.4, -0.2) is 28.1 Å². The van der Waals surface area contributed by atoms with Crippen molar-refractivity contribution < 1.29 is 9.21 Å². The molecule has 0 saturated heterocycles. The fourth-order valence-corrected chi connectivity index (χ4v) is 1.53. The van der Waals surface area contributed by atoms with Crippen LogP contribution >= 0.6 is 0 Å². The van der Waals surface area contributed by atoms with E-state index in [2.05, 4.69) is 10.2 Å². The summed E-state index contributed by atoms with van der Waals surface area (Å²) in [7, 11) is 1.65. The lowest BCUT2D eigenvalue weighted by Gasteiger charge is -2.14. The maximum atomic E-state index is 12.0. The summed E-state index contributed by atoms with van der Waals surface area (Å²) in [6.07, 6.45) is 0. The number of hydrogen-bond donors (Lipinski definition) is 1. The normalized spacial score (nSPS) is 10.3. The number of aromatic nitrogens is 2. The van der Waals surface area contributed by atoms with E-state index in [1.807, 2.05) is 19.1 Å². The Morgan fingerprint density at radius 2 is 2.17 bits per heavy atom. The van der Waals surface area contributed by atoms with E-state index in [1.165, 1.54) is 17.0 Å². The summed E-state index contributed by atoms with van der Waals surface area (Å²) < 4.78 is 5.39. The lowest BCUT2D eigenvalue weighted by molar-refractivity contribution is 0.0768. The van der Waals surface area contributed by atoms with Gasteiger partial charge in [0.05, 0.1) is 6.54 Å². The molecule has 0 aliphatic heterocycles. The summed E-state index contributed by atoms with van der Waals surface area (Å²) in [4.78, 5) is 24.3. The number of aromatic amines is 1. The van der Waals surface area contributed by atoms with Crippen LogP contribution in [0.5, 0.6) is 0 Å². The molecule has 0 fully saturated rings. The highest BCUT2D eigenvalue weighted by atomic mass is 16.3. The van der Waals surface area contributed by atoms with Gasteiger partial charge in [-0.25, -0.2) is 5.10 Å². The van der Waals surface area contributed by atoms with Crippen molar-refractivity contribution in [1.82, 2.24) is 15.1 Å². The molecule has 0 unspecified atom stereocenters. The van der Waals surface area contributed by atoms with E-state index in [-0.39, 0.29) is 17.2 Å². The lowest BCUT2D eigenvalue weighted by atomic mass is 10.3. The van der Waals surface area contributed by atoms with Gasteiger partial charge in [0.1, 0.15) is 17.2 Å². The Morgan fingerprint density at radius 3 is 2.72 bits per heavy atom. The topological polar surface area (TPSA) is 79.2 Å². The van der Waals surface area contributed by atoms with E-state index in [9.17, 15) is 9.59 Å². The first kappa shape index (κ1) is 12.1. The molecule has 6 nitrogen and oxygen atoms in total. The number of carbonyl (C=O) groups is 1. The Balaban J connectivity index is 2.09. The molecule has 0 aromatic carbocycles. The van der Waals surface area contributed by atoms with Gasteiger partial charge in [-0.3, -0.25) is 9.59 Å². The molecule has 2 heterocycles. The summed E-state index contributed by atoms with van der Waals surface area (Å²) in [6.45, 7) is 2.20. The third-order valence-corrected chi connectivity index (χ3v) is 2.43. The number of aryl methyl sites for hydroxylation is 1. The van der Waals surface area contributed by atoms with Crippen molar-refractivity contribution in [3.05, 3.63) is 51.8 Å². The zero-order valence-corrected chi connectivity index (χ0v) is 10.1. The lowest BCUT2D eigenvalue weighted by Crippen LogP contribution is -2.27. The highest BCUT2D eigenvalue weighted by Crippen LogP contribution is 2.09. The van der Waals surface area contributed by atoms with Crippen molar-refractivity contribution in [3.8, 4) is 0 Å². The highest BCUT2D eigenvalue weighted by Gasteiger charge is 2.14. The first-order chi connectivity index (χ1) is 8.56. The second-order valence-electron chi connectivity index (χ2n) is 3.98. The van der Waals surface area contributed by atoms with Gasteiger partial charge in [-0.05, 0) is 25.1 Å². The van der Waals surface area contributed by atoms with E-state index >= 15 is 0 Å². The van der Waals surface area contributed by atoms with E-state index < -0.39 is 0 Å². The molecule has 2 aromatic rings. The molecule has 94 valence electrons. The minimum atomic E-state index is -0.337. The molecule has 1 N–H and O–H groups in total. The molecular weight excluding hydrogens is 234 g/mol. The molecule has 2 rings (SSSR count). The molecule has 18 heavy (non-hydrogen) atoms. The number of carbonyl (C=O) groups excluding carboxylic acids is 1. The molecule has 0 aliphatic rings. The molecule has 2 aromatic heterocycles. The minimum absolute atomic E-state index is 0.195. The van der Waals surface area contributed by atoms with Crippen LogP contribution in [0.25, 0.3) is 0 Å². The number of nitrogens with one attached hydrogen (secondary N) is 1. The Kier molecular flexibility index (Phi) is 3.27. The first-order valence-corrected chi connectivity index (χ1v) is 5.43. The third-order valence-electron chi connectivity index (χ3n) is 2.43. The van der Waals surface area contributed by atoms with Gasteiger partial charge >= 0.3 is 0 Å². The van der Waals surface area contributed by atoms with Gasteiger partial charge in [-0.1, -0.05) is 0 Å². The summed E-state index contributed by atoms with van der Waals surface area (Å²) in [5, 5.41) is 5.91. The molecule has 0 spiro atoms. The zero-order valence-electron chi connectivity index (χ0n) is 10.1. The van der Waals surface area contributed by atoms with Gasteiger partial charge in [0.2, 0.25) is 0 Å². The monoisotopic (exact) mass is 247 g/mol. The van der Waals surface area contributed by atoms with Gasteiger partial charge in [0.25, 0.3) is 11.5 Å². The number of rotatable bonds is 3. The van der Waals surface area contributed by atoms with Crippen LogP contribution in [0.1, 0.15) is 22.0 Å². The minimum Gasteiger partial charge on any atom is -0.464 e. The fourth-order valence-electron chi connectivity index (χ4n) is 1.53. The van der Waals surface area contributed by atoms with Crippen LogP contribution in [0.15, 0.2) is 33.5 Å². The molecule has 1 amide bonds. The van der Waals surface area contributed by atoms with E-state index in [4.69, 9.17) is 4.42 Å². The van der Waals surface area contributed by atoms with Crippen LogP contribution < -0.4 is 5.56 Å². The third kappa shape index (κ3) is 2.65. The zero-order chi connectivity index (χ0) is 13.1. The van der Waals surface area contributed by atoms with Crippen molar-refractivity contribution in [1.29, 1.82) is 0 Å². The molecule has 6 heteroatoms. The standard InChI is InChI=1S/C12H13N3O3/c1-8-3-4-9(18-8)7-15(2)12(17)10-5-6-11(16)14-13-10/h3-6H,7H2,1-2H3,(H,14,16). The SMILES string of the molecule is Cc1ccc(CN(C)C(=O)c2ccc(=O)[nH]n2)o1. The van der Waals surface area contributed by atoms with Crippen LogP contribution in [0.4, 0.5) is 0 Å². The number of nitrogens with zero attached hydrogens (tertiary/aromatic N) is 2. The molecular formula is C12H13N3O3. The molecule has 0 saturated carbocycles. The van der Waals surface area contributed by atoms with Gasteiger partial charge in [-0.15, -0.1) is 0 Å². The first-order valence-electron chi connectivity index (χ1n) is 5.43. The maximum absolute atomic E-state index is 12.0. The van der Waals surface area contributed by atoms with Crippen LogP contribution in [-0.2, 0) is 6.54 Å². The van der Waals surface area contributed by atoms with E-state index in [0.29, 0.717) is 12.3 Å². The Bertz CT molecular complexity index is 595. The van der Waals surface area contributed by atoms with Crippen molar-refractivity contribution in [2.45, 2.75) is 13.5 Å². The maximum Gasteiger partial charge on any atom is 0.274 e. The van der Waals surface area contributed by atoms with Crippen molar-refractivity contribution in [3.63, 3.8) is 0 Å². The average molecular weight is 247 g/mol. The molecule has 0 radical (unpaired) electrons. The van der Waals surface area contributed by atoms with Crippen molar-refractivity contribution >= 4 is 5.91 Å². The molecule has 0 aliphatic carbocycles. The number of H-pyrrole nitrogens is 1. The highest BCUT2D eigenvalue weighted by molar-refractivity contribution is 5.91. The Hall–Kier alpha value is -2.37. The van der Waals surface area contributed by atoms with Crippen LogP contribution in [0.2, 0.25) is 0 Å². The largest absolute Gasteiger partial charge is 0.464 e. The van der Waals surface area contributed by atoms with Crippen molar-refractivity contribution in [2.24, 2.45) is 0 Å². The Morgan fingerprint density at radius 1 is 1.39 bits per heavy atom. The second-order valence-corrected chi connectivity index (χ2v) is 3.98. The predicted octanol–water partition coefficient (Wildman–Crippen LogP) is 0.944. The van der Waals surface area contributed by atoms with Crippen LogP contribution in [0, 0.1) is 6.92 Å². The van der Waals surface area contributed by atoms with E-state index in [0.717, 1.165) is 5.76 Å². The number of hydrogen-bond acceptors (Lipinski definition) is 4. The van der Waals surface area contributed by atoms with Gasteiger partial charge in [0, 0.05) is 13.1 Å². The number of furan rings is 1. The van der Waals surface area contributed by atoms with Gasteiger partial charge < -0.3 is 9.32 Å². The average Bonchev–Trinajstić information content (AvgIpc) is 2.75. The fraction of sp³-hybridized carbons (Fsp3) is 0.250. The van der Waals surface area contributed by atoms with Crippen molar-refractivity contribution in [2.75, 3.05) is 7.05 Å². The van der Waals surface area contributed by atoms with Crippen LogP contribution in [0.3, 0.4) is 0 Å². The summed E-state index contributed by atoms with van der Waals surface area (Å²) in [5.74, 6) is 1.22. The quantitative estimate of drug-likeness (QED) is 0.875. The molecule has 0 bridgehead atoms. The summed E-state index contributed by atoms with van der Waals surface area (Å²) in [6, 6.07) is 6.32. The smallest absolute Gasteiger partial charge is 0.274 e. The predicted molar refractivity (Wildman–Crippen MR) is 64.1 cm³/mol. The molecule has 0 atom stereocenters. The van der Waals surface area contributed by atoms with Gasteiger partial charge in [0.15, 0.2) is 0 Å².